The molecule has 2 atom stereocenters. The monoisotopic (exact) mass is 461 g/mol. The molecule has 1 rings (SSSR count). The minimum absolute atomic E-state index is 0.0146. The minimum atomic E-state index is -0.0315. The van der Waals surface area contributed by atoms with Gasteiger partial charge in [0.15, 0.2) is 0 Å². The Morgan fingerprint density at radius 3 is 1.48 bits per heavy atom. The molecule has 0 saturated carbocycles. The number of rotatable bonds is 22. The van der Waals surface area contributed by atoms with E-state index in [2.05, 4.69) is 32.9 Å². The molecule has 1 saturated heterocycles. The van der Waals surface area contributed by atoms with E-state index in [0.717, 1.165) is 19.3 Å². The van der Waals surface area contributed by atoms with E-state index in [0.29, 0.717) is 18.8 Å². The van der Waals surface area contributed by atoms with Crippen molar-refractivity contribution in [1.82, 2.24) is 4.90 Å². The quantitative estimate of drug-likeness (QED) is 0.0915. The normalized spacial score (nSPS) is 16.3. The van der Waals surface area contributed by atoms with Crippen molar-refractivity contribution in [1.29, 1.82) is 0 Å². The molecule has 0 aromatic rings. The predicted molar refractivity (Wildman–Crippen MR) is 142 cm³/mol. The summed E-state index contributed by atoms with van der Waals surface area (Å²) in [4.78, 5) is 25.8. The summed E-state index contributed by atoms with van der Waals surface area (Å²) in [5.74, 6) is 0.547. The first-order valence-corrected chi connectivity index (χ1v) is 14.6. The molecule has 1 heterocycles. The fraction of sp³-hybridized carbons (Fsp3) is 0.867. The van der Waals surface area contributed by atoms with Gasteiger partial charge in [0.25, 0.3) is 0 Å². The van der Waals surface area contributed by atoms with Crippen LogP contribution in [0.25, 0.3) is 0 Å². The summed E-state index contributed by atoms with van der Waals surface area (Å²) < 4.78 is 0. The molecular formula is C30H55NO2. The summed E-state index contributed by atoms with van der Waals surface area (Å²) in [6, 6.07) is -0.0315. The molecule has 2 unspecified atom stereocenters. The number of amides is 2. The molecule has 3 heteroatoms. The molecule has 33 heavy (non-hydrogen) atoms. The van der Waals surface area contributed by atoms with Gasteiger partial charge in [-0.2, -0.15) is 0 Å². The number of unbranched alkanes of at least 4 members (excludes halogenated alkanes) is 15. The van der Waals surface area contributed by atoms with Gasteiger partial charge < -0.3 is 0 Å². The summed E-state index contributed by atoms with van der Waals surface area (Å²) >= 11 is 0. The SMILES string of the molecule is CCCCCCCCCCCCCCCCCC(C)/C=C/C(CCCC)N1C(=O)CCC1=O. The molecule has 3 nitrogen and oxygen atoms in total. The zero-order valence-electron chi connectivity index (χ0n) is 22.4. The molecule has 0 radical (unpaired) electrons. The summed E-state index contributed by atoms with van der Waals surface area (Å²) in [5.41, 5.74) is 0. The van der Waals surface area contributed by atoms with Gasteiger partial charge in [-0.25, -0.2) is 0 Å². The van der Waals surface area contributed by atoms with Crippen LogP contribution in [0, 0.1) is 5.92 Å². The molecule has 0 aromatic carbocycles. The zero-order chi connectivity index (χ0) is 24.2. The Hall–Kier alpha value is -1.12. The summed E-state index contributed by atoms with van der Waals surface area (Å²) in [6.07, 6.45) is 30.5. The molecule has 1 aliphatic rings. The Labute approximate surface area is 206 Å². The molecule has 0 bridgehead atoms. The Bertz CT molecular complexity index is 511. The van der Waals surface area contributed by atoms with Gasteiger partial charge in [-0.05, 0) is 18.8 Å². The van der Waals surface area contributed by atoms with E-state index < -0.39 is 0 Å². The first kappa shape index (κ1) is 29.9. The number of nitrogens with zero attached hydrogens (tertiary/aromatic N) is 1. The second-order valence-electron chi connectivity index (χ2n) is 10.5. The molecular weight excluding hydrogens is 406 g/mol. The van der Waals surface area contributed by atoms with Crippen molar-refractivity contribution < 1.29 is 9.59 Å². The van der Waals surface area contributed by atoms with E-state index in [4.69, 9.17) is 0 Å². The van der Waals surface area contributed by atoms with Crippen molar-refractivity contribution in [2.75, 3.05) is 0 Å². The van der Waals surface area contributed by atoms with Gasteiger partial charge in [0, 0.05) is 12.8 Å². The number of carbonyl (C=O) groups is 2. The topological polar surface area (TPSA) is 37.4 Å². The van der Waals surface area contributed by atoms with E-state index in [1.165, 1.54) is 108 Å². The molecule has 0 aliphatic carbocycles. The molecule has 192 valence electrons. The summed E-state index contributed by atoms with van der Waals surface area (Å²) in [6.45, 7) is 6.71. The van der Waals surface area contributed by atoms with Gasteiger partial charge in [-0.3, -0.25) is 14.5 Å². The Morgan fingerprint density at radius 1 is 0.606 bits per heavy atom. The van der Waals surface area contributed by atoms with Crippen molar-refractivity contribution in [3.63, 3.8) is 0 Å². The maximum absolute atomic E-state index is 12.1. The smallest absolute Gasteiger partial charge is 0.230 e. The van der Waals surface area contributed by atoms with Crippen molar-refractivity contribution in [2.45, 2.75) is 162 Å². The van der Waals surface area contributed by atoms with Gasteiger partial charge in [-0.15, -0.1) is 0 Å². The highest BCUT2D eigenvalue weighted by Crippen LogP contribution is 2.22. The highest BCUT2D eigenvalue weighted by Gasteiger charge is 2.33. The molecule has 0 N–H and O–H groups in total. The second kappa shape index (κ2) is 20.3. The maximum atomic E-state index is 12.1. The van der Waals surface area contributed by atoms with E-state index >= 15 is 0 Å². The summed E-state index contributed by atoms with van der Waals surface area (Å²) in [7, 11) is 0. The lowest BCUT2D eigenvalue weighted by Gasteiger charge is -2.24. The summed E-state index contributed by atoms with van der Waals surface area (Å²) in [5, 5.41) is 0. The van der Waals surface area contributed by atoms with E-state index in [-0.39, 0.29) is 17.9 Å². The van der Waals surface area contributed by atoms with Gasteiger partial charge in [-0.1, -0.05) is 142 Å². The van der Waals surface area contributed by atoms with Gasteiger partial charge in [0.05, 0.1) is 6.04 Å². The highest BCUT2D eigenvalue weighted by molar-refractivity contribution is 6.02. The first-order chi connectivity index (χ1) is 16.1. The van der Waals surface area contributed by atoms with Crippen molar-refractivity contribution in [3.05, 3.63) is 12.2 Å². The van der Waals surface area contributed by atoms with Crippen LogP contribution < -0.4 is 0 Å². The van der Waals surface area contributed by atoms with Crippen LogP contribution in [0.15, 0.2) is 12.2 Å². The van der Waals surface area contributed by atoms with Crippen LogP contribution in [0.5, 0.6) is 0 Å². The highest BCUT2D eigenvalue weighted by atomic mass is 16.2. The van der Waals surface area contributed by atoms with E-state index in [1.807, 2.05) is 0 Å². The maximum Gasteiger partial charge on any atom is 0.230 e. The number of imide groups is 1. The van der Waals surface area contributed by atoms with Crippen molar-refractivity contribution in [2.24, 2.45) is 5.92 Å². The van der Waals surface area contributed by atoms with Crippen LogP contribution in [0.3, 0.4) is 0 Å². The van der Waals surface area contributed by atoms with Crippen LogP contribution in [0.4, 0.5) is 0 Å². The average Bonchev–Trinajstić information content (AvgIpc) is 3.14. The van der Waals surface area contributed by atoms with Crippen LogP contribution in [-0.4, -0.2) is 22.8 Å². The first-order valence-electron chi connectivity index (χ1n) is 14.6. The third kappa shape index (κ3) is 14.7. The largest absolute Gasteiger partial charge is 0.276 e. The van der Waals surface area contributed by atoms with Crippen LogP contribution in [-0.2, 0) is 9.59 Å². The Morgan fingerprint density at radius 2 is 1.03 bits per heavy atom. The lowest BCUT2D eigenvalue weighted by Crippen LogP contribution is -2.38. The van der Waals surface area contributed by atoms with Gasteiger partial charge in [0.1, 0.15) is 0 Å². The van der Waals surface area contributed by atoms with Crippen LogP contribution in [0.1, 0.15) is 156 Å². The molecule has 1 fully saturated rings. The number of hydrogen-bond donors (Lipinski definition) is 0. The molecule has 2 amide bonds. The number of carbonyl (C=O) groups excluding carboxylic acids is 2. The van der Waals surface area contributed by atoms with Crippen molar-refractivity contribution in [3.8, 4) is 0 Å². The third-order valence-corrected chi connectivity index (χ3v) is 7.20. The molecule has 0 spiro atoms. The Balaban J connectivity index is 2.04. The fourth-order valence-electron chi connectivity index (χ4n) is 4.94. The molecule has 1 aliphatic heterocycles. The second-order valence-corrected chi connectivity index (χ2v) is 10.5. The van der Waals surface area contributed by atoms with E-state index in [9.17, 15) is 9.59 Å². The lowest BCUT2D eigenvalue weighted by atomic mass is 9.99. The molecule has 0 aromatic heterocycles. The zero-order valence-corrected chi connectivity index (χ0v) is 22.4. The minimum Gasteiger partial charge on any atom is -0.276 e. The van der Waals surface area contributed by atoms with Gasteiger partial charge >= 0.3 is 0 Å². The fourth-order valence-corrected chi connectivity index (χ4v) is 4.94. The Kier molecular flexibility index (Phi) is 18.4. The van der Waals surface area contributed by atoms with Gasteiger partial charge in [0.2, 0.25) is 11.8 Å². The van der Waals surface area contributed by atoms with Crippen LogP contribution >= 0.6 is 0 Å². The standard InChI is InChI=1S/C30H55NO2/c1-4-6-8-9-10-11-12-13-14-15-16-17-18-19-20-21-27(3)23-24-28(22-7-5-2)31-29(32)25-26-30(31)33/h23-24,27-28H,4-22,25-26H2,1-3H3/b24-23+. The van der Waals surface area contributed by atoms with Crippen molar-refractivity contribution >= 4 is 11.8 Å². The predicted octanol–water partition coefficient (Wildman–Crippen LogP) is 9.15. The number of hydrogen-bond acceptors (Lipinski definition) is 2. The van der Waals surface area contributed by atoms with Crippen LogP contribution in [0.2, 0.25) is 0 Å². The number of likely N-dealkylation sites (tertiary alicyclic amines) is 1. The lowest BCUT2D eigenvalue weighted by molar-refractivity contribution is -0.140. The van der Waals surface area contributed by atoms with E-state index in [1.54, 1.807) is 0 Å². The average molecular weight is 462 g/mol. The number of allylic oxidation sites excluding steroid dienone is 1. The third-order valence-electron chi connectivity index (χ3n) is 7.20.